The van der Waals surface area contributed by atoms with E-state index in [1.54, 1.807) is 0 Å². The molecule has 0 saturated carbocycles. The Morgan fingerprint density at radius 2 is 1.72 bits per heavy atom. The maximum Gasteiger partial charge on any atom is 0.293 e. The fourth-order valence-corrected chi connectivity index (χ4v) is 4.71. The molecule has 156 valence electrons. The van der Waals surface area contributed by atoms with Gasteiger partial charge in [0.15, 0.2) is 9.84 Å². The summed E-state index contributed by atoms with van der Waals surface area (Å²) in [5.74, 6) is -0.839. The lowest BCUT2D eigenvalue weighted by Crippen LogP contribution is -2.47. The van der Waals surface area contributed by atoms with Crippen molar-refractivity contribution < 1.29 is 22.8 Å². The number of nitro benzene ring substituents is 1. The molecule has 1 aliphatic heterocycles. The van der Waals surface area contributed by atoms with Gasteiger partial charge in [-0.3, -0.25) is 15.0 Å². The average Bonchev–Trinajstić information content (AvgIpc) is 2.70. The number of nitrogens with zero attached hydrogens (tertiary/aromatic N) is 3. The van der Waals surface area contributed by atoms with E-state index in [2.05, 4.69) is 4.90 Å². The maximum atomic E-state index is 13.0. The van der Waals surface area contributed by atoms with E-state index < -0.39 is 20.6 Å². The summed E-state index contributed by atoms with van der Waals surface area (Å²) in [4.78, 5) is 14.8. The first-order chi connectivity index (χ1) is 13.8. The zero-order valence-electron chi connectivity index (χ0n) is 15.7. The Kier molecular flexibility index (Phi) is 6.46. The minimum Gasteiger partial charge on any atom is -0.395 e. The fourth-order valence-electron chi connectivity index (χ4n) is 3.35. The van der Waals surface area contributed by atoms with E-state index >= 15 is 0 Å². The molecule has 1 N–H and O–H groups in total. The molecule has 1 saturated heterocycles. The summed E-state index contributed by atoms with van der Waals surface area (Å²) in [6.07, 6.45) is 0. The Labute approximate surface area is 168 Å². The lowest BCUT2D eigenvalue weighted by atomic mass is 10.2. The van der Waals surface area contributed by atoms with E-state index in [-0.39, 0.29) is 22.9 Å². The zero-order valence-corrected chi connectivity index (χ0v) is 16.5. The second-order valence-corrected chi connectivity index (χ2v) is 8.84. The smallest absolute Gasteiger partial charge is 0.293 e. The third-order valence-electron chi connectivity index (χ3n) is 4.90. The molecule has 0 radical (unpaired) electrons. The molecule has 0 atom stereocenters. The number of β-amino-alcohol motifs (C(OH)–C–C–N with tert-alkyl or cyclic N) is 1. The van der Waals surface area contributed by atoms with Crippen LogP contribution in [0.4, 0.5) is 15.8 Å². The highest BCUT2D eigenvalue weighted by Gasteiger charge is 2.26. The van der Waals surface area contributed by atoms with E-state index in [9.17, 15) is 22.9 Å². The first-order valence-electron chi connectivity index (χ1n) is 9.14. The molecule has 0 aliphatic carbocycles. The van der Waals surface area contributed by atoms with Crippen molar-refractivity contribution in [3.05, 3.63) is 64.0 Å². The highest BCUT2D eigenvalue weighted by molar-refractivity contribution is 7.90. The van der Waals surface area contributed by atoms with Crippen LogP contribution in [0.15, 0.2) is 47.4 Å². The van der Waals surface area contributed by atoms with E-state index in [1.165, 1.54) is 36.4 Å². The van der Waals surface area contributed by atoms with E-state index in [0.29, 0.717) is 44.0 Å². The van der Waals surface area contributed by atoms with E-state index in [0.717, 1.165) is 6.07 Å². The van der Waals surface area contributed by atoms with Gasteiger partial charge in [0.25, 0.3) is 5.69 Å². The van der Waals surface area contributed by atoms with Crippen molar-refractivity contribution in [1.82, 2.24) is 4.90 Å². The summed E-state index contributed by atoms with van der Waals surface area (Å²) < 4.78 is 38.4. The predicted octanol–water partition coefficient (Wildman–Crippen LogP) is 1.82. The van der Waals surface area contributed by atoms with Crippen LogP contribution in [0.3, 0.4) is 0 Å². The first kappa shape index (κ1) is 21.2. The molecule has 0 unspecified atom stereocenters. The summed E-state index contributed by atoms with van der Waals surface area (Å²) in [5.41, 5.74) is 0.512. The summed E-state index contributed by atoms with van der Waals surface area (Å²) in [7, 11) is -3.83. The Hall–Kier alpha value is -2.56. The number of hydrogen-bond donors (Lipinski definition) is 1. The molecule has 10 heteroatoms. The monoisotopic (exact) mass is 423 g/mol. The van der Waals surface area contributed by atoms with Gasteiger partial charge in [0.2, 0.25) is 0 Å². The van der Waals surface area contributed by atoms with Gasteiger partial charge in [0.1, 0.15) is 11.5 Å². The molecule has 0 aromatic heterocycles. The number of piperazine rings is 1. The Bertz CT molecular complexity index is 974. The third-order valence-corrected chi connectivity index (χ3v) is 6.59. The molecule has 1 aliphatic rings. The molecular formula is C19H22FN3O5S. The molecule has 2 aromatic carbocycles. The second-order valence-electron chi connectivity index (χ2n) is 6.85. The summed E-state index contributed by atoms with van der Waals surface area (Å²) >= 11 is 0. The minimum absolute atomic E-state index is 0.0563. The van der Waals surface area contributed by atoms with Crippen LogP contribution >= 0.6 is 0 Å². The fraction of sp³-hybridized carbons (Fsp3) is 0.368. The standard InChI is InChI=1S/C19H22FN3O5S/c20-16-3-1-15(2-4-16)14-29(27,28)17-5-6-18(19(13-17)23(25)26)22-9-7-21(8-10-22)11-12-24/h1-6,13,24H,7-12,14H2. The lowest BCUT2D eigenvalue weighted by Gasteiger charge is -2.35. The van der Waals surface area contributed by atoms with Crippen molar-refractivity contribution >= 4 is 21.2 Å². The van der Waals surface area contributed by atoms with Gasteiger partial charge in [0.05, 0.1) is 22.2 Å². The van der Waals surface area contributed by atoms with Gasteiger partial charge in [-0.05, 0) is 29.8 Å². The number of sulfone groups is 1. The van der Waals surface area contributed by atoms with Crippen LogP contribution in [0.5, 0.6) is 0 Å². The maximum absolute atomic E-state index is 13.0. The van der Waals surface area contributed by atoms with Crippen LogP contribution in [0.2, 0.25) is 0 Å². The molecular weight excluding hydrogens is 401 g/mol. The van der Waals surface area contributed by atoms with Crippen molar-refractivity contribution in [2.24, 2.45) is 0 Å². The topological polar surface area (TPSA) is 104 Å². The van der Waals surface area contributed by atoms with Crippen LogP contribution in [0, 0.1) is 15.9 Å². The largest absolute Gasteiger partial charge is 0.395 e. The summed E-state index contributed by atoms with van der Waals surface area (Å²) in [6, 6.07) is 9.04. The second kappa shape index (κ2) is 8.85. The first-order valence-corrected chi connectivity index (χ1v) is 10.8. The van der Waals surface area contributed by atoms with Crippen molar-refractivity contribution in [2.75, 3.05) is 44.2 Å². The Morgan fingerprint density at radius 3 is 2.31 bits per heavy atom. The van der Waals surface area contributed by atoms with Crippen molar-refractivity contribution in [2.45, 2.75) is 10.6 Å². The van der Waals surface area contributed by atoms with Crippen molar-refractivity contribution in [3.63, 3.8) is 0 Å². The number of rotatable bonds is 7. The van der Waals surface area contributed by atoms with Gasteiger partial charge >= 0.3 is 0 Å². The number of benzene rings is 2. The van der Waals surface area contributed by atoms with Gasteiger partial charge in [-0.25, -0.2) is 12.8 Å². The molecule has 3 rings (SSSR count). The number of aliphatic hydroxyl groups excluding tert-OH is 1. The predicted molar refractivity (Wildman–Crippen MR) is 106 cm³/mol. The molecule has 29 heavy (non-hydrogen) atoms. The van der Waals surface area contributed by atoms with Crippen LogP contribution in [0.1, 0.15) is 5.56 Å². The average molecular weight is 423 g/mol. The Balaban J connectivity index is 1.84. The Morgan fingerprint density at radius 1 is 1.07 bits per heavy atom. The third kappa shape index (κ3) is 5.08. The van der Waals surface area contributed by atoms with Crippen LogP contribution in [0.25, 0.3) is 0 Å². The quantitative estimate of drug-likeness (QED) is 0.535. The number of hydrogen-bond acceptors (Lipinski definition) is 7. The molecule has 2 aromatic rings. The summed E-state index contributed by atoms with van der Waals surface area (Å²) in [5, 5.41) is 20.6. The number of halogens is 1. The van der Waals surface area contributed by atoms with Crippen LogP contribution in [-0.4, -0.2) is 62.7 Å². The molecule has 0 bridgehead atoms. The van der Waals surface area contributed by atoms with Gasteiger partial charge < -0.3 is 10.0 Å². The van der Waals surface area contributed by atoms with Crippen molar-refractivity contribution in [3.8, 4) is 0 Å². The van der Waals surface area contributed by atoms with Crippen molar-refractivity contribution in [1.29, 1.82) is 0 Å². The number of aliphatic hydroxyl groups is 1. The molecule has 0 amide bonds. The molecule has 1 heterocycles. The molecule has 8 nitrogen and oxygen atoms in total. The highest BCUT2D eigenvalue weighted by atomic mass is 32.2. The highest BCUT2D eigenvalue weighted by Crippen LogP contribution is 2.32. The zero-order chi connectivity index (χ0) is 21.0. The summed E-state index contributed by atoms with van der Waals surface area (Å²) in [6.45, 7) is 3.01. The normalized spacial score (nSPS) is 15.4. The number of anilines is 1. The van der Waals surface area contributed by atoms with Gasteiger partial charge in [-0.1, -0.05) is 12.1 Å². The van der Waals surface area contributed by atoms with Crippen LogP contribution < -0.4 is 4.90 Å². The number of nitro groups is 1. The van der Waals surface area contributed by atoms with Crippen LogP contribution in [-0.2, 0) is 15.6 Å². The lowest BCUT2D eigenvalue weighted by molar-refractivity contribution is -0.384. The molecule has 1 fully saturated rings. The molecule has 0 spiro atoms. The van der Waals surface area contributed by atoms with E-state index in [1.807, 2.05) is 4.90 Å². The van der Waals surface area contributed by atoms with E-state index in [4.69, 9.17) is 5.11 Å². The van der Waals surface area contributed by atoms with Gasteiger partial charge in [0, 0.05) is 38.8 Å². The van der Waals surface area contributed by atoms with Gasteiger partial charge in [-0.15, -0.1) is 0 Å². The minimum atomic E-state index is -3.83. The van der Waals surface area contributed by atoms with Gasteiger partial charge in [-0.2, -0.15) is 0 Å². The SMILES string of the molecule is O=[N+]([O-])c1cc(S(=O)(=O)Cc2ccc(F)cc2)ccc1N1CCN(CCO)CC1.